The highest BCUT2D eigenvalue weighted by atomic mass is 32.1. The molecule has 4 heterocycles. The van der Waals surface area contributed by atoms with E-state index < -0.39 is 0 Å². The van der Waals surface area contributed by atoms with Crippen molar-refractivity contribution in [2.75, 3.05) is 39.3 Å². The van der Waals surface area contributed by atoms with Crippen LogP contribution in [0.1, 0.15) is 5.89 Å². The van der Waals surface area contributed by atoms with Crippen LogP contribution in [0.3, 0.4) is 0 Å². The lowest BCUT2D eigenvalue weighted by molar-refractivity contribution is 0.0165. The second-order valence-electron chi connectivity index (χ2n) is 5.62. The lowest BCUT2D eigenvalue weighted by atomic mass is 10.1. The van der Waals surface area contributed by atoms with Crippen LogP contribution in [-0.4, -0.2) is 65.3 Å². The molecule has 0 aromatic carbocycles. The van der Waals surface area contributed by atoms with E-state index in [1.165, 1.54) is 13.1 Å². The van der Waals surface area contributed by atoms with Crippen LogP contribution in [0.15, 0.2) is 22.0 Å². The van der Waals surface area contributed by atoms with Gasteiger partial charge >= 0.3 is 0 Å². The molecule has 2 aliphatic heterocycles. The summed E-state index contributed by atoms with van der Waals surface area (Å²) in [4.78, 5) is 10.5. The maximum Gasteiger partial charge on any atom is 0.241 e. The fraction of sp³-hybridized carbons (Fsp3) is 0.571. The second kappa shape index (κ2) is 5.84. The zero-order valence-electron chi connectivity index (χ0n) is 11.9. The van der Waals surface area contributed by atoms with E-state index in [0.717, 1.165) is 43.5 Å². The zero-order chi connectivity index (χ0) is 14.1. The third kappa shape index (κ3) is 2.87. The third-order valence-electron chi connectivity index (χ3n) is 4.17. The van der Waals surface area contributed by atoms with Crippen LogP contribution < -0.4 is 5.32 Å². The minimum Gasteiger partial charge on any atom is -0.338 e. The minimum atomic E-state index is 0.701. The summed E-state index contributed by atoms with van der Waals surface area (Å²) in [5, 5.41) is 9.48. The normalized spacial score (nSPS) is 21.5. The lowest BCUT2D eigenvalue weighted by Crippen LogP contribution is -2.62. The van der Waals surface area contributed by atoms with E-state index in [2.05, 4.69) is 25.3 Å². The Labute approximate surface area is 127 Å². The van der Waals surface area contributed by atoms with Crippen LogP contribution >= 0.6 is 11.3 Å². The van der Waals surface area contributed by atoms with Gasteiger partial charge in [0.05, 0.1) is 11.4 Å². The summed E-state index contributed by atoms with van der Waals surface area (Å²) in [6.45, 7) is 7.55. The topological polar surface area (TPSA) is 57.4 Å². The smallest absolute Gasteiger partial charge is 0.241 e. The predicted molar refractivity (Wildman–Crippen MR) is 81.1 cm³/mol. The Balaban J connectivity index is 1.30. The van der Waals surface area contributed by atoms with Gasteiger partial charge in [0, 0.05) is 45.3 Å². The summed E-state index contributed by atoms with van der Waals surface area (Å²) in [6, 6.07) is 4.72. The number of likely N-dealkylation sites (tertiary alicyclic amines) is 1. The first-order chi connectivity index (χ1) is 10.4. The average Bonchev–Trinajstić information content (AvgIpc) is 3.14. The maximum atomic E-state index is 5.36. The van der Waals surface area contributed by atoms with Crippen molar-refractivity contribution in [2.24, 2.45) is 0 Å². The van der Waals surface area contributed by atoms with Gasteiger partial charge in [-0.15, -0.1) is 11.3 Å². The number of aromatic nitrogens is 2. The molecule has 7 heteroatoms. The first-order valence-corrected chi connectivity index (χ1v) is 8.30. The monoisotopic (exact) mass is 305 g/mol. The van der Waals surface area contributed by atoms with E-state index in [1.54, 1.807) is 11.3 Å². The first-order valence-electron chi connectivity index (χ1n) is 7.42. The number of thiophene rings is 1. The zero-order valence-corrected chi connectivity index (χ0v) is 12.7. The van der Waals surface area contributed by atoms with E-state index in [0.29, 0.717) is 11.9 Å². The molecule has 6 nitrogen and oxygen atoms in total. The highest BCUT2D eigenvalue weighted by Crippen LogP contribution is 2.23. The summed E-state index contributed by atoms with van der Waals surface area (Å²) in [5.74, 6) is 1.43. The molecule has 4 rings (SSSR count). The van der Waals surface area contributed by atoms with Crippen molar-refractivity contribution in [1.29, 1.82) is 0 Å². The number of hydrogen-bond donors (Lipinski definition) is 1. The number of piperazine rings is 1. The van der Waals surface area contributed by atoms with Crippen molar-refractivity contribution in [3.63, 3.8) is 0 Å². The molecule has 0 amide bonds. The van der Waals surface area contributed by atoms with Crippen LogP contribution in [0.25, 0.3) is 10.7 Å². The fourth-order valence-corrected chi connectivity index (χ4v) is 3.62. The van der Waals surface area contributed by atoms with Crippen LogP contribution in [0.4, 0.5) is 0 Å². The van der Waals surface area contributed by atoms with Crippen LogP contribution in [0.2, 0.25) is 0 Å². The van der Waals surface area contributed by atoms with Gasteiger partial charge in [0.1, 0.15) is 0 Å². The summed E-state index contributed by atoms with van der Waals surface area (Å²) in [6.07, 6.45) is 0. The van der Waals surface area contributed by atoms with Crippen LogP contribution in [0, 0.1) is 0 Å². The quantitative estimate of drug-likeness (QED) is 0.905. The number of nitrogens with zero attached hydrogens (tertiary/aromatic N) is 4. The Kier molecular flexibility index (Phi) is 3.72. The van der Waals surface area contributed by atoms with Crippen molar-refractivity contribution < 1.29 is 4.52 Å². The summed E-state index contributed by atoms with van der Waals surface area (Å²) in [5.41, 5.74) is 0. The third-order valence-corrected chi connectivity index (χ3v) is 5.04. The van der Waals surface area contributed by atoms with Crippen molar-refractivity contribution in [1.82, 2.24) is 25.3 Å². The van der Waals surface area contributed by atoms with Crippen molar-refractivity contribution in [3.05, 3.63) is 23.4 Å². The van der Waals surface area contributed by atoms with Gasteiger partial charge in [-0.1, -0.05) is 11.2 Å². The van der Waals surface area contributed by atoms with Gasteiger partial charge in [0.25, 0.3) is 0 Å². The van der Waals surface area contributed by atoms with Gasteiger partial charge < -0.3 is 9.84 Å². The number of rotatable bonds is 4. The van der Waals surface area contributed by atoms with Gasteiger partial charge in [-0.3, -0.25) is 9.80 Å². The molecular formula is C14H19N5OS. The molecule has 2 aliphatic rings. The second-order valence-corrected chi connectivity index (χ2v) is 6.57. The first kappa shape index (κ1) is 13.4. The van der Waals surface area contributed by atoms with Crippen LogP contribution in [-0.2, 0) is 6.54 Å². The van der Waals surface area contributed by atoms with Crippen LogP contribution in [0.5, 0.6) is 0 Å². The number of nitrogens with one attached hydrogen (secondary N) is 1. The molecule has 0 spiro atoms. The standard InChI is InChI=1S/C14H19N5OS/c1-2-12(21-7-1)14-16-13(20-17-14)10-18-8-11(9-18)19-5-3-15-4-6-19/h1-2,7,11,15H,3-6,8-10H2. The Morgan fingerprint density at radius 2 is 2.19 bits per heavy atom. The molecule has 2 aromatic heterocycles. The lowest BCUT2D eigenvalue weighted by Gasteiger charge is -2.46. The molecule has 2 aromatic rings. The molecule has 2 fully saturated rings. The molecule has 0 atom stereocenters. The van der Waals surface area contributed by atoms with Gasteiger partial charge in [-0.25, -0.2) is 0 Å². The molecule has 2 saturated heterocycles. The Morgan fingerprint density at radius 1 is 1.33 bits per heavy atom. The molecule has 112 valence electrons. The molecule has 0 bridgehead atoms. The van der Waals surface area contributed by atoms with Crippen molar-refractivity contribution in [3.8, 4) is 10.7 Å². The van der Waals surface area contributed by atoms with E-state index in [9.17, 15) is 0 Å². The average molecular weight is 305 g/mol. The summed E-state index contributed by atoms with van der Waals surface area (Å²) < 4.78 is 5.36. The van der Waals surface area contributed by atoms with E-state index in [-0.39, 0.29) is 0 Å². The van der Waals surface area contributed by atoms with E-state index >= 15 is 0 Å². The Hall–Kier alpha value is -1.28. The molecule has 0 saturated carbocycles. The largest absolute Gasteiger partial charge is 0.338 e. The van der Waals surface area contributed by atoms with Crippen molar-refractivity contribution >= 4 is 11.3 Å². The van der Waals surface area contributed by atoms with Gasteiger partial charge in [-0.2, -0.15) is 4.98 Å². The Bertz CT molecular complexity index is 572. The predicted octanol–water partition coefficient (Wildman–Crippen LogP) is 0.887. The molecule has 0 radical (unpaired) electrons. The molecular weight excluding hydrogens is 286 g/mol. The summed E-state index contributed by atoms with van der Waals surface area (Å²) >= 11 is 1.64. The molecule has 0 aliphatic carbocycles. The van der Waals surface area contributed by atoms with Gasteiger partial charge in [0.15, 0.2) is 0 Å². The van der Waals surface area contributed by atoms with E-state index in [1.807, 2.05) is 17.5 Å². The highest BCUT2D eigenvalue weighted by molar-refractivity contribution is 7.13. The maximum absolute atomic E-state index is 5.36. The summed E-state index contributed by atoms with van der Waals surface area (Å²) in [7, 11) is 0. The molecule has 21 heavy (non-hydrogen) atoms. The Morgan fingerprint density at radius 3 is 2.95 bits per heavy atom. The van der Waals surface area contributed by atoms with E-state index in [4.69, 9.17) is 4.52 Å². The fourth-order valence-electron chi connectivity index (χ4n) is 2.97. The highest BCUT2D eigenvalue weighted by Gasteiger charge is 2.33. The van der Waals surface area contributed by atoms with Gasteiger partial charge in [-0.05, 0) is 11.4 Å². The number of hydrogen-bond acceptors (Lipinski definition) is 7. The van der Waals surface area contributed by atoms with Gasteiger partial charge in [0.2, 0.25) is 11.7 Å². The molecule has 1 N–H and O–H groups in total. The minimum absolute atomic E-state index is 0.701. The molecule has 0 unspecified atom stereocenters. The SMILES string of the molecule is c1csc(-c2noc(CN3CC(N4CCNCC4)C3)n2)c1. The van der Waals surface area contributed by atoms with Crippen molar-refractivity contribution in [2.45, 2.75) is 12.6 Å².